The summed E-state index contributed by atoms with van der Waals surface area (Å²) >= 11 is 0. The van der Waals surface area contributed by atoms with Crippen LogP contribution in [0.4, 0.5) is 14.6 Å². The molecule has 53 heavy (non-hydrogen) atoms. The average molecular weight is 732 g/mol. The second-order valence-corrected chi connectivity index (χ2v) is 15.9. The highest BCUT2D eigenvalue weighted by molar-refractivity contribution is 6.01. The van der Waals surface area contributed by atoms with E-state index >= 15 is 8.78 Å². The molecule has 2 aromatic carbocycles. The molecule has 284 valence electrons. The fourth-order valence-corrected chi connectivity index (χ4v) is 9.17. The predicted octanol–water partition coefficient (Wildman–Crippen LogP) is 7.21. The average Bonchev–Trinajstić information content (AvgIpc) is 3.70. The van der Waals surface area contributed by atoms with Crippen LogP contribution in [0.2, 0.25) is 0 Å². The normalized spacial score (nSPS) is 24.9. The lowest BCUT2D eigenvalue weighted by atomic mass is 9.86. The van der Waals surface area contributed by atoms with Gasteiger partial charge in [-0.05, 0) is 112 Å². The minimum absolute atomic E-state index is 0.00947. The summed E-state index contributed by atoms with van der Waals surface area (Å²) in [5, 5.41) is 12.7. The van der Waals surface area contributed by atoms with Crippen molar-refractivity contribution in [3.63, 3.8) is 0 Å². The molecule has 0 spiro atoms. The second-order valence-electron chi connectivity index (χ2n) is 15.9. The molecule has 2 aromatic heterocycles. The number of hydrogen-bond acceptors (Lipinski definition) is 10. The number of β-amino-alcohol motifs (C(OH)–C–C–N with tert-alkyl or cyclic N) is 1. The summed E-state index contributed by atoms with van der Waals surface area (Å²) in [5.41, 5.74) is -0.155. The number of aromatic nitrogens is 3. The maximum atomic E-state index is 17.2. The Balaban J connectivity index is 1.18. The van der Waals surface area contributed by atoms with Crippen LogP contribution in [0.1, 0.15) is 77.2 Å². The number of rotatable bonds is 13. The van der Waals surface area contributed by atoms with Gasteiger partial charge >= 0.3 is 6.01 Å². The molecule has 8 rings (SSSR count). The first kappa shape index (κ1) is 36.3. The number of nitrogens with zero attached hydrogens (tertiary/aromatic N) is 5. The molecule has 1 aliphatic carbocycles. The highest BCUT2D eigenvalue weighted by Crippen LogP contribution is 2.44. The largest absolute Gasteiger partial charge is 0.468 e. The van der Waals surface area contributed by atoms with Crippen LogP contribution in [-0.2, 0) is 15.9 Å². The van der Waals surface area contributed by atoms with Gasteiger partial charge in [-0.15, -0.1) is 0 Å². The van der Waals surface area contributed by atoms with E-state index in [-0.39, 0.29) is 35.4 Å². The van der Waals surface area contributed by atoms with Crippen LogP contribution in [0.15, 0.2) is 30.5 Å². The van der Waals surface area contributed by atoms with Crippen LogP contribution in [0, 0.1) is 17.6 Å². The smallest absolute Gasteiger partial charge is 0.319 e. The van der Waals surface area contributed by atoms with Crippen molar-refractivity contribution in [1.29, 1.82) is 0 Å². The number of pyridine rings is 1. The number of aliphatic hydroxyl groups is 1. The predicted molar refractivity (Wildman–Crippen MR) is 199 cm³/mol. The van der Waals surface area contributed by atoms with Gasteiger partial charge in [-0.3, -0.25) is 9.88 Å². The molecular formula is C41H51F2N5O5. The Hall–Kier alpha value is -3.71. The lowest BCUT2D eigenvalue weighted by molar-refractivity contribution is 0.0146. The van der Waals surface area contributed by atoms with Crippen LogP contribution in [0.5, 0.6) is 11.8 Å². The zero-order valence-corrected chi connectivity index (χ0v) is 31.1. The number of anilines is 1. The van der Waals surface area contributed by atoms with Gasteiger partial charge in [0.25, 0.3) is 0 Å². The molecule has 5 heterocycles. The second kappa shape index (κ2) is 14.8. The van der Waals surface area contributed by atoms with Crippen LogP contribution >= 0.6 is 0 Å². The van der Waals surface area contributed by atoms with Crippen LogP contribution < -0.4 is 14.4 Å². The van der Waals surface area contributed by atoms with Crippen molar-refractivity contribution in [2.24, 2.45) is 5.92 Å². The van der Waals surface area contributed by atoms with E-state index in [9.17, 15) is 5.11 Å². The molecule has 0 bridgehead atoms. The number of piperidine rings is 1. The molecule has 10 nitrogen and oxygen atoms in total. The van der Waals surface area contributed by atoms with E-state index in [1.54, 1.807) is 24.4 Å². The zero-order chi connectivity index (χ0) is 36.7. The third-order valence-corrected chi connectivity index (χ3v) is 12.1. The van der Waals surface area contributed by atoms with Crippen molar-refractivity contribution in [2.45, 2.75) is 95.2 Å². The minimum atomic E-state index is -0.937. The van der Waals surface area contributed by atoms with Crippen molar-refractivity contribution >= 4 is 27.5 Å². The van der Waals surface area contributed by atoms with Crippen LogP contribution in [0.3, 0.4) is 0 Å². The third kappa shape index (κ3) is 7.03. The van der Waals surface area contributed by atoms with Crippen molar-refractivity contribution in [1.82, 2.24) is 19.9 Å². The molecule has 0 radical (unpaired) electrons. The fourth-order valence-electron chi connectivity index (χ4n) is 9.17. The van der Waals surface area contributed by atoms with Gasteiger partial charge in [-0.1, -0.05) is 19.4 Å². The van der Waals surface area contributed by atoms with Crippen molar-refractivity contribution < 1.29 is 32.8 Å². The van der Waals surface area contributed by atoms with Gasteiger partial charge in [0, 0.05) is 44.6 Å². The van der Waals surface area contributed by atoms with Gasteiger partial charge in [0.15, 0.2) is 12.6 Å². The van der Waals surface area contributed by atoms with Crippen molar-refractivity contribution in [3.8, 4) is 23.0 Å². The van der Waals surface area contributed by atoms with Gasteiger partial charge in [0.2, 0.25) is 0 Å². The summed E-state index contributed by atoms with van der Waals surface area (Å²) in [6, 6.07) is 7.00. The zero-order valence-electron chi connectivity index (χ0n) is 31.1. The molecule has 3 aliphatic heterocycles. The summed E-state index contributed by atoms with van der Waals surface area (Å²) in [6.07, 6.45) is 11.4. The molecule has 4 fully saturated rings. The third-order valence-electron chi connectivity index (χ3n) is 12.1. The van der Waals surface area contributed by atoms with E-state index in [2.05, 4.69) is 9.88 Å². The Morgan fingerprint density at radius 1 is 0.981 bits per heavy atom. The fraction of sp³-hybridized carbons (Fsp3) is 0.585. The molecule has 0 unspecified atom stereocenters. The number of hydrogen-bond donors (Lipinski definition) is 1. The molecule has 4 aromatic rings. The quantitative estimate of drug-likeness (QED) is 0.142. The van der Waals surface area contributed by atoms with E-state index in [4.69, 9.17) is 28.9 Å². The standard InChI is InChI=1S/C41H51F2N5O5/c1-4-30-33(42)11-10-27-18-29(53-25-50-3)19-31(34(27)30)36-35(43)37-32(20-44-36)38(47-16-6-13-40(2,49)23-47)46-39(45-37)52-24-41-14-7-17-48(41)28(12-15-41)22-51-21-26-8-5-9-26/h10-11,18-20,26,28,49H,4-9,12-17,21-25H2,1-3H3/t28-,40+,41-/m0/s1. The summed E-state index contributed by atoms with van der Waals surface area (Å²) < 4.78 is 56.2. The Morgan fingerprint density at radius 3 is 2.60 bits per heavy atom. The van der Waals surface area contributed by atoms with Crippen LogP contribution in [0.25, 0.3) is 32.9 Å². The molecule has 1 saturated carbocycles. The van der Waals surface area contributed by atoms with Gasteiger partial charge in [-0.2, -0.15) is 9.97 Å². The number of methoxy groups -OCH3 is 1. The summed E-state index contributed by atoms with van der Waals surface area (Å²) in [7, 11) is 1.52. The van der Waals surface area contributed by atoms with Crippen molar-refractivity contribution in [2.75, 3.05) is 58.3 Å². The summed E-state index contributed by atoms with van der Waals surface area (Å²) in [4.78, 5) is 18.8. The Bertz CT molecular complexity index is 1980. The first-order valence-electron chi connectivity index (χ1n) is 19.4. The van der Waals surface area contributed by atoms with Crippen molar-refractivity contribution in [3.05, 3.63) is 47.7 Å². The van der Waals surface area contributed by atoms with Gasteiger partial charge in [0.05, 0.1) is 23.1 Å². The highest BCUT2D eigenvalue weighted by Gasteiger charge is 2.50. The number of benzene rings is 2. The Kier molecular flexibility index (Phi) is 10.2. The molecule has 0 amide bonds. The highest BCUT2D eigenvalue weighted by atomic mass is 19.1. The first-order chi connectivity index (χ1) is 25.7. The summed E-state index contributed by atoms with van der Waals surface area (Å²) in [6.45, 7) is 7.60. The number of aryl methyl sites for hydroxylation is 1. The number of fused-ring (bicyclic) bond motifs is 3. The number of halogens is 2. The lowest BCUT2D eigenvalue weighted by Gasteiger charge is -2.38. The first-order valence-corrected chi connectivity index (χ1v) is 19.4. The van der Waals surface area contributed by atoms with E-state index < -0.39 is 11.4 Å². The van der Waals surface area contributed by atoms with Crippen LogP contribution in [-0.4, -0.2) is 95.5 Å². The van der Waals surface area contributed by atoms with E-state index in [0.717, 1.165) is 51.9 Å². The van der Waals surface area contributed by atoms with Gasteiger partial charge in [0.1, 0.15) is 35.2 Å². The topological polar surface area (TPSA) is 102 Å². The number of ether oxygens (including phenoxy) is 4. The lowest BCUT2D eigenvalue weighted by Crippen LogP contribution is -2.48. The molecule has 1 N–H and O–H groups in total. The Labute approximate surface area is 309 Å². The molecule has 4 aliphatic rings. The van der Waals surface area contributed by atoms with E-state index in [1.807, 2.05) is 18.7 Å². The molecule has 3 atom stereocenters. The monoisotopic (exact) mass is 731 g/mol. The summed E-state index contributed by atoms with van der Waals surface area (Å²) in [5.74, 6) is 0.588. The van der Waals surface area contributed by atoms with Gasteiger partial charge < -0.3 is 29.0 Å². The van der Waals surface area contributed by atoms with E-state index in [1.165, 1.54) is 32.4 Å². The minimum Gasteiger partial charge on any atom is -0.468 e. The maximum absolute atomic E-state index is 17.2. The molecular weight excluding hydrogens is 680 g/mol. The maximum Gasteiger partial charge on any atom is 0.319 e. The SMILES string of the molecule is CCc1c(F)ccc2cc(OCOC)cc(-c3ncc4c(N5CCC[C@@](C)(O)C5)nc(OC[C@@]56CCCN5[C@H](COCC5CCC5)CC6)nc4c3F)c12. The molecule has 3 saturated heterocycles. The Morgan fingerprint density at radius 2 is 1.83 bits per heavy atom. The van der Waals surface area contributed by atoms with Gasteiger partial charge in [-0.25, -0.2) is 8.78 Å². The van der Waals surface area contributed by atoms with E-state index in [0.29, 0.717) is 83.4 Å². The molecule has 12 heteroatoms.